The summed E-state index contributed by atoms with van der Waals surface area (Å²) in [6.07, 6.45) is 3.65. The highest BCUT2D eigenvalue weighted by atomic mass is 79.9. The van der Waals surface area contributed by atoms with Gasteiger partial charge in [-0.1, -0.05) is 28.1 Å². The predicted octanol–water partition coefficient (Wildman–Crippen LogP) is 2.91. The Bertz CT molecular complexity index is 439. The lowest BCUT2D eigenvalue weighted by atomic mass is 9.83. The summed E-state index contributed by atoms with van der Waals surface area (Å²) in [4.78, 5) is 10.9. The van der Waals surface area contributed by atoms with Crippen molar-refractivity contribution in [2.75, 3.05) is 19.7 Å². The molecule has 0 bridgehead atoms. The second-order valence-corrected chi connectivity index (χ2v) is 6.06. The molecule has 5 heteroatoms. The van der Waals surface area contributed by atoms with Crippen LogP contribution in [0.5, 0.6) is 0 Å². The van der Waals surface area contributed by atoms with Crippen LogP contribution < -0.4 is 5.32 Å². The second kappa shape index (κ2) is 7.20. The molecule has 1 aliphatic rings. The first-order valence-electron chi connectivity index (χ1n) is 6.95. The van der Waals surface area contributed by atoms with Gasteiger partial charge in [0.25, 0.3) is 0 Å². The summed E-state index contributed by atoms with van der Waals surface area (Å²) in [5.41, 5.74) is 0.602. The number of ether oxygens (including phenoxy) is 1. The SMILES string of the molecule is O=C(O)COC1(c2ccc(Br)cc2)CCCNCCC1. The highest BCUT2D eigenvalue weighted by Gasteiger charge is 2.33. The van der Waals surface area contributed by atoms with Crippen molar-refractivity contribution in [1.82, 2.24) is 5.32 Å². The third-order valence-electron chi connectivity index (χ3n) is 3.71. The van der Waals surface area contributed by atoms with Crippen LogP contribution in [0.2, 0.25) is 0 Å². The third kappa shape index (κ3) is 4.04. The summed E-state index contributed by atoms with van der Waals surface area (Å²) in [5, 5.41) is 12.3. The van der Waals surface area contributed by atoms with Gasteiger partial charge in [-0.25, -0.2) is 4.79 Å². The molecule has 20 heavy (non-hydrogen) atoms. The minimum absolute atomic E-state index is 0.247. The molecule has 1 aliphatic heterocycles. The summed E-state index contributed by atoms with van der Waals surface area (Å²) in [7, 11) is 0. The molecule has 110 valence electrons. The number of benzene rings is 1. The van der Waals surface area contributed by atoms with Crippen molar-refractivity contribution in [2.24, 2.45) is 0 Å². The molecule has 0 unspecified atom stereocenters. The number of nitrogens with one attached hydrogen (secondary N) is 1. The zero-order valence-electron chi connectivity index (χ0n) is 11.4. The van der Waals surface area contributed by atoms with Gasteiger partial charge in [-0.05, 0) is 56.5 Å². The molecule has 1 saturated heterocycles. The minimum atomic E-state index is -0.915. The summed E-state index contributed by atoms with van der Waals surface area (Å²) in [6.45, 7) is 1.66. The third-order valence-corrected chi connectivity index (χ3v) is 4.24. The molecule has 0 atom stereocenters. The number of carboxylic acid groups (broad SMARTS) is 1. The highest BCUT2D eigenvalue weighted by molar-refractivity contribution is 9.10. The molecule has 2 N–H and O–H groups in total. The van der Waals surface area contributed by atoms with Crippen LogP contribution in [0, 0.1) is 0 Å². The molecular weight excluding hydrogens is 322 g/mol. The molecule has 1 aromatic carbocycles. The second-order valence-electron chi connectivity index (χ2n) is 5.14. The van der Waals surface area contributed by atoms with Crippen LogP contribution in [0.3, 0.4) is 0 Å². The van der Waals surface area contributed by atoms with Crippen LogP contribution in [-0.2, 0) is 15.1 Å². The fourth-order valence-corrected chi connectivity index (χ4v) is 2.98. The van der Waals surface area contributed by atoms with E-state index in [2.05, 4.69) is 21.2 Å². The molecule has 2 rings (SSSR count). The molecule has 0 saturated carbocycles. The fraction of sp³-hybridized carbons (Fsp3) is 0.533. The van der Waals surface area contributed by atoms with Crippen LogP contribution in [-0.4, -0.2) is 30.8 Å². The summed E-state index contributed by atoms with van der Waals surface area (Å²) < 4.78 is 6.87. The molecule has 1 heterocycles. The van der Waals surface area contributed by atoms with Gasteiger partial charge in [0.1, 0.15) is 6.61 Å². The molecule has 0 aromatic heterocycles. The van der Waals surface area contributed by atoms with Gasteiger partial charge >= 0.3 is 5.97 Å². The Morgan fingerprint density at radius 2 is 1.85 bits per heavy atom. The van der Waals surface area contributed by atoms with Gasteiger partial charge in [0.2, 0.25) is 0 Å². The Balaban J connectivity index is 2.25. The normalized spacial score (nSPS) is 19.1. The summed E-state index contributed by atoms with van der Waals surface area (Å²) >= 11 is 3.43. The van der Waals surface area contributed by atoms with E-state index in [0.29, 0.717) is 0 Å². The number of halogens is 1. The van der Waals surface area contributed by atoms with Crippen LogP contribution in [0.15, 0.2) is 28.7 Å². The Hall–Kier alpha value is -0.910. The average Bonchev–Trinajstić information content (AvgIpc) is 2.39. The van der Waals surface area contributed by atoms with Gasteiger partial charge in [-0.15, -0.1) is 0 Å². The minimum Gasteiger partial charge on any atom is -0.480 e. The summed E-state index contributed by atoms with van der Waals surface area (Å²) in [5.74, 6) is -0.915. The van der Waals surface area contributed by atoms with Crippen molar-refractivity contribution >= 4 is 21.9 Å². The van der Waals surface area contributed by atoms with E-state index in [9.17, 15) is 4.79 Å². The van der Waals surface area contributed by atoms with Gasteiger partial charge in [0.05, 0.1) is 5.60 Å². The number of carboxylic acids is 1. The van der Waals surface area contributed by atoms with Gasteiger partial charge in [0.15, 0.2) is 0 Å². The number of carbonyl (C=O) groups is 1. The smallest absolute Gasteiger partial charge is 0.329 e. The zero-order chi connectivity index (χ0) is 14.4. The molecule has 4 nitrogen and oxygen atoms in total. The summed E-state index contributed by atoms with van der Waals surface area (Å²) in [6, 6.07) is 8.03. The molecular formula is C15H20BrNO3. The zero-order valence-corrected chi connectivity index (χ0v) is 13.0. The molecule has 1 aromatic rings. The van der Waals surface area contributed by atoms with E-state index in [4.69, 9.17) is 9.84 Å². The lowest BCUT2D eigenvalue weighted by Gasteiger charge is -2.36. The first kappa shape index (κ1) is 15.5. The van der Waals surface area contributed by atoms with Crippen molar-refractivity contribution in [3.8, 4) is 0 Å². The number of hydrogen-bond donors (Lipinski definition) is 2. The monoisotopic (exact) mass is 341 g/mol. The Labute approximate surface area is 127 Å². The largest absolute Gasteiger partial charge is 0.480 e. The van der Waals surface area contributed by atoms with E-state index >= 15 is 0 Å². The first-order chi connectivity index (χ1) is 9.62. The van der Waals surface area contributed by atoms with E-state index in [1.54, 1.807) is 0 Å². The van der Waals surface area contributed by atoms with Gasteiger partial charge < -0.3 is 15.2 Å². The first-order valence-corrected chi connectivity index (χ1v) is 7.74. The van der Waals surface area contributed by atoms with Gasteiger partial charge in [0, 0.05) is 4.47 Å². The number of rotatable bonds is 4. The van der Waals surface area contributed by atoms with Crippen molar-refractivity contribution in [2.45, 2.75) is 31.3 Å². The Morgan fingerprint density at radius 3 is 2.40 bits per heavy atom. The van der Waals surface area contributed by atoms with E-state index in [1.165, 1.54) is 0 Å². The van der Waals surface area contributed by atoms with E-state index in [-0.39, 0.29) is 6.61 Å². The number of aliphatic carboxylic acids is 1. The maximum atomic E-state index is 10.9. The molecule has 0 radical (unpaired) electrons. The van der Waals surface area contributed by atoms with Crippen molar-refractivity contribution in [3.63, 3.8) is 0 Å². The van der Waals surface area contributed by atoms with Crippen molar-refractivity contribution in [3.05, 3.63) is 34.3 Å². The van der Waals surface area contributed by atoms with E-state index in [1.807, 2.05) is 24.3 Å². The highest BCUT2D eigenvalue weighted by Crippen LogP contribution is 2.36. The molecule has 0 aliphatic carbocycles. The molecule has 0 amide bonds. The Morgan fingerprint density at radius 1 is 1.25 bits per heavy atom. The molecule has 0 spiro atoms. The Kier molecular flexibility index (Phi) is 5.57. The standard InChI is InChI=1S/C15H20BrNO3/c16-13-5-3-12(4-6-13)15(20-11-14(18)19)7-1-9-17-10-2-8-15/h3-6,17H,1-2,7-11H2,(H,18,19). The quantitative estimate of drug-likeness (QED) is 0.883. The maximum absolute atomic E-state index is 10.9. The average molecular weight is 342 g/mol. The topological polar surface area (TPSA) is 58.6 Å². The number of hydrogen-bond acceptors (Lipinski definition) is 3. The molecule has 1 fully saturated rings. The lowest BCUT2D eigenvalue weighted by molar-refractivity contribution is -0.152. The van der Waals surface area contributed by atoms with Crippen LogP contribution >= 0.6 is 15.9 Å². The lowest BCUT2D eigenvalue weighted by Crippen LogP contribution is -2.36. The fourth-order valence-electron chi connectivity index (χ4n) is 2.72. The van der Waals surface area contributed by atoms with E-state index in [0.717, 1.165) is 48.8 Å². The van der Waals surface area contributed by atoms with Gasteiger partial charge in [-0.3, -0.25) is 0 Å². The van der Waals surface area contributed by atoms with Crippen LogP contribution in [0.25, 0.3) is 0 Å². The van der Waals surface area contributed by atoms with E-state index < -0.39 is 11.6 Å². The van der Waals surface area contributed by atoms with Gasteiger partial charge in [-0.2, -0.15) is 0 Å². The van der Waals surface area contributed by atoms with Crippen molar-refractivity contribution < 1.29 is 14.6 Å². The van der Waals surface area contributed by atoms with Crippen LogP contribution in [0.4, 0.5) is 0 Å². The maximum Gasteiger partial charge on any atom is 0.329 e. The predicted molar refractivity (Wildman–Crippen MR) is 80.7 cm³/mol. The van der Waals surface area contributed by atoms with Crippen LogP contribution in [0.1, 0.15) is 31.2 Å². The van der Waals surface area contributed by atoms with Crippen molar-refractivity contribution in [1.29, 1.82) is 0 Å².